The fourth-order valence-corrected chi connectivity index (χ4v) is 4.19. The maximum absolute atomic E-state index is 5.90. The topological polar surface area (TPSA) is 35.0 Å². The van der Waals surface area contributed by atoms with Crippen molar-refractivity contribution in [2.24, 2.45) is 0 Å². The van der Waals surface area contributed by atoms with Crippen LogP contribution in [-0.4, -0.2) is 9.97 Å². The summed E-state index contributed by atoms with van der Waals surface area (Å²) in [7, 11) is 0. The van der Waals surface area contributed by atoms with E-state index in [1.54, 1.807) is 12.4 Å². The molecule has 0 spiro atoms. The van der Waals surface area contributed by atoms with Crippen LogP contribution >= 0.6 is 0 Å². The maximum Gasteiger partial charge on any atom is 0.159 e. The van der Waals surface area contributed by atoms with Crippen molar-refractivity contribution in [3.05, 3.63) is 77.6 Å². The lowest BCUT2D eigenvalue weighted by molar-refractivity contribution is 0.303. The minimum absolute atomic E-state index is 0.533. The minimum Gasteiger partial charge on any atom is -0.486 e. The van der Waals surface area contributed by atoms with Gasteiger partial charge in [-0.1, -0.05) is 114 Å². The van der Waals surface area contributed by atoms with E-state index in [9.17, 15) is 0 Å². The Kier molecular flexibility index (Phi) is 11.6. The third kappa shape index (κ3) is 9.29. The predicted octanol–water partition coefficient (Wildman–Crippen LogP) is 8.75. The van der Waals surface area contributed by atoms with Gasteiger partial charge in [-0.05, 0) is 42.4 Å². The van der Waals surface area contributed by atoms with E-state index in [1.807, 2.05) is 0 Å². The number of nitrogens with zero attached hydrogens (tertiary/aromatic N) is 2. The molecule has 3 aromatic rings. The largest absolute Gasteiger partial charge is 0.486 e. The Bertz CT molecular complexity index is 917. The van der Waals surface area contributed by atoms with Gasteiger partial charge in [0.2, 0.25) is 0 Å². The first-order valence-electron chi connectivity index (χ1n) is 13.4. The van der Waals surface area contributed by atoms with Gasteiger partial charge in [-0.3, -0.25) is 0 Å². The second kappa shape index (κ2) is 15.3. The number of unbranched alkanes of at least 4 members (excludes halogenated alkanes) is 8. The molecule has 3 nitrogen and oxygen atoms in total. The molecule has 0 aliphatic rings. The van der Waals surface area contributed by atoms with Gasteiger partial charge in [0.05, 0.1) is 12.4 Å². The number of ether oxygens (including phenoxy) is 1. The summed E-state index contributed by atoms with van der Waals surface area (Å²) in [6.07, 6.45) is 19.1. The first kappa shape index (κ1) is 25.9. The van der Waals surface area contributed by atoms with Gasteiger partial charge >= 0.3 is 0 Å². The highest BCUT2D eigenvalue weighted by Gasteiger charge is 2.04. The second-order valence-corrected chi connectivity index (χ2v) is 9.37. The van der Waals surface area contributed by atoms with Gasteiger partial charge in [-0.25, -0.2) is 9.97 Å². The third-order valence-electron chi connectivity index (χ3n) is 6.41. The van der Waals surface area contributed by atoms with Gasteiger partial charge in [-0.15, -0.1) is 0 Å². The predicted molar refractivity (Wildman–Crippen MR) is 143 cm³/mol. The molecule has 3 heteroatoms. The van der Waals surface area contributed by atoms with Crippen molar-refractivity contribution < 1.29 is 4.74 Å². The van der Waals surface area contributed by atoms with Crippen LogP contribution in [0.2, 0.25) is 0 Å². The summed E-state index contributed by atoms with van der Waals surface area (Å²) < 4.78 is 5.90. The van der Waals surface area contributed by atoms with Gasteiger partial charge in [0, 0.05) is 5.56 Å². The minimum atomic E-state index is 0.533. The number of rotatable bonds is 16. The standard InChI is InChI=1S/C31H42N2O/c1-3-5-7-8-9-10-12-14-27-19-21-29(22-20-27)31-32-23-30(24-33-31)34-25-28-17-15-26(16-18-28)13-11-6-4-2/h15-24H,3-14,25H2,1-2H3. The molecule has 1 heterocycles. The van der Waals surface area contributed by atoms with E-state index in [2.05, 4.69) is 72.3 Å². The molecular weight excluding hydrogens is 416 g/mol. The number of hydrogen-bond acceptors (Lipinski definition) is 3. The van der Waals surface area contributed by atoms with Crippen LogP contribution in [0, 0.1) is 0 Å². The van der Waals surface area contributed by atoms with Crippen molar-refractivity contribution >= 4 is 0 Å². The molecule has 2 aromatic carbocycles. The van der Waals surface area contributed by atoms with Gasteiger partial charge in [0.25, 0.3) is 0 Å². The Morgan fingerprint density at radius 1 is 0.559 bits per heavy atom. The molecule has 0 aliphatic carbocycles. The molecule has 0 atom stereocenters. The van der Waals surface area contributed by atoms with Crippen molar-refractivity contribution in [2.75, 3.05) is 0 Å². The molecule has 0 saturated heterocycles. The fraction of sp³-hybridized carbons (Fsp3) is 0.484. The van der Waals surface area contributed by atoms with E-state index < -0.39 is 0 Å². The van der Waals surface area contributed by atoms with Crippen molar-refractivity contribution in [1.29, 1.82) is 0 Å². The highest BCUT2D eigenvalue weighted by molar-refractivity contribution is 5.55. The Morgan fingerprint density at radius 3 is 1.65 bits per heavy atom. The first-order chi connectivity index (χ1) is 16.8. The van der Waals surface area contributed by atoms with Crippen LogP contribution in [0.1, 0.15) is 94.7 Å². The van der Waals surface area contributed by atoms with E-state index >= 15 is 0 Å². The van der Waals surface area contributed by atoms with Crippen LogP contribution in [0.25, 0.3) is 11.4 Å². The smallest absolute Gasteiger partial charge is 0.159 e. The molecule has 0 aliphatic heterocycles. The summed E-state index contributed by atoms with van der Waals surface area (Å²) in [6, 6.07) is 17.4. The Labute approximate surface area is 207 Å². The summed E-state index contributed by atoms with van der Waals surface area (Å²) in [5.74, 6) is 1.44. The molecule has 0 radical (unpaired) electrons. The van der Waals surface area contributed by atoms with Crippen LogP contribution < -0.4 is 4.74 Å². The van der Waals surface area contributed by atoms with Crippen molar-refractivity contribution in [3.8, 4) is 17.1 Å². The molecule has 0 fully saturated rings. The summed E-state index contributed by atoms with van der Waals surface area (Å²) >= 11 is 0. The number of aromatic nitrogens is 2. The van der Waals surface area contributed by atoms with Gasteiger partial charge in [0.1, 0.15) is 6.61 Å². The van der Waals surface area contributed by atoms with Gasteiger partial charge in [-0.2, -0.15) is 0 Å². The molecule has 0 bridgehead atoms. The molecule has 0 amide bonds. The third-order valence-corrected chi connectivity index (χ3v) is 6.41. The first-order valence-corrected chi connectivity index (χ1v) is 13.4. The number of benzene rings is 2. The van der Waals surface area contributed by atoms with E-state index in [1.165, 1.54) is 80.9 Å². The Morgan fingerprint density at radius 2 is 1.03 bits per heavy atom. The molecule has 34 heavy (non-hydrogen) atoms. The molecule has 182 valence electrons. The molecular formula is C31H42N2O. The van der Waals surface area contributed by atoms with Crippen LogP contribution in [0.4, 0.5) is 0 Å². The average Bonchev–Trinajstić information content (AvgIpc) is 2.88. The summed E-state index contributed by atoms with van der Waals surface area (Å²) in [4.78, 5) is 9.04. The number of hydrogen-bond donors (Lipinski definition) is 0. The van der Waals surface area contributed by atoms with Crippen LogP contribution in [-0.2, 0) is 19.4 Å². The van der Waals surface area contributed by atoms with Gasteiger partial charge in [0.15, 0.2) is 11.6 Å². The quantitative estimate of drug-likeness (QED) is 0.201. The lowest BCUT2D eigenvalue weighted by Gasteiger charge is -2.08. The summed E-state index contributed by atoms with van der Waals surface area (Å²) in [6.45, 7) is 5.04. The Balaban J connectivity index is 1.40. The molecule has 3 rings (SSSR count). The maximum atomic E-state index is 5.90. The molecule has 0 N–H and O–H groups in total. The summed E-state index contributed by atoms with van der Waals surface area (Å²) in [5.41, 5.74) is 5.01. The van der Waals surface area contributed by atoms with Crippen LogP contribution in [0.15, 0.2) is 60.9 Å². The highest BCUT2D eigenvalue weighted by atomic mass is 16.5. The zero-order valence-corrected chi connectivity index (χ0v) is 21.3. The molecule has 0 saturated carbocycles. The van der Waals surface area contributed by atoms with E-state index in [-0.39, 0.29) is 0 Å². The van der Waals surface area contributed by atoms with Crippen LogP contribution in [0.3, 0.4) is 0 Å². The zero-order chi connectivity index (χ0) is 23.8. The van der Waals surface area contributed by atoms with Crippen LogP contribution in [0.5, 0.6) is 5.75 Å². The van der Waals surface area contributed by atoms with Gasteiger partial charge < -0.3 is 4.74 Å². The van der Waals surface area contributed by atoms with E-state index in [0.717, 1.165) is 24.2 Å². The number of aryl methyl sites for hydroxylation is 2. The SMILES string of the molecule is CCCCCCCCCc1ccc(-c2ncc(OCc3ccc(CCCCC)cc3)cn2)cc1. The van der Waals surface area contributed by atoms with Crippen molar-refractivity contribution in [1.82, 2.24) is 9.97 Å². The molecule has 0 unspecified atom stereocenters. The average molecular weight is 459 g/mol. The lowest BCUT2D eigenvalue weighted by atomic mass is 10.0. The normalized spacial score (nSPS) is 11.0. The monoisotopic (exact) mass is 458 g/mol. The van der Waals surface area contributed by atoms with E-state index in [0.29, 0.717) is 12.4 Å². The zero-order valence-electron chi connectivity index (χ0n) is 21.3. The van der Waals surface area contributed by atoms with Crippen molar-refractivity contribution in [3.63, 3.8) is 0 Å². The lowest BCUT2D eigenvalue weighted by Crippen LogP contribution is -1.98. The van der Waals surface area contributed by atoms with E-state index in [4.69, 9.17) is 4.74 Å². The van der Waals surface area contributed by atoms with Crippen molar-refractivity contribution in [2.45, 2.75) is 97.5 Å². The summed E-state index contributed by atoms with van der Waals surface area (Å²) in [5, 5.41) is 0. The second-order valence-electron chi connectivity index (χ2n) is 9.37. The highest BCUT2D eigenvalue weighted by Crippen LogP contribution is 2.19. The fourth-order valence-electron chi connectivity index (χ4n) is 4.19. The molecule has 1 aromatic heterocycles. The Hall–Kier alpha value is -2.68.